The summed E-state index contributed by atoms with van der Waals surface area (Å²) in [6.45, 7) is 0.116. The van der Waals surface area contributed by atoms with Gasteiger partial charge in [0.25, 0.3) is 0 Å². The number of carbonyl (C=O) groups is 1. The molecule has 0 radical (unpaired) electrons. The maximum absolute atomic E-state index is 13.2. The molecule has 2 aromatic rings. The van der Waals surface area contributed by atoms with E-state index in [-0.39, 0.29) is 24.0 Å². The van der Waals surface area contributed by atoms with Crippen LogP contribution in [0, 0.1) is 5.82 Å². The number of aromatic nitrogens is 3. The molecular formula is C14H14Cl2FN3O3. The maximum atomic E-state index is 13.2. The average molecular weight is 362 g/mol. The van der Waals surface area contributed by atoms with Crippen molar-refractivity contribution in [3.63, 3.8) is 0 Å². The number of halogens is 3. The van der Waals surface area contributed by atoms with Gasteiger partial charge in [0.15, 0.2) is 0 Å². The van der Waals surface area contributed by atoms with Gasteiger partial charge in [-0.15, -0.1) is 12.4 Å². The molecular weight excluding hydrogens is 348 g/mol. The van der Waals surface area contributed by atoms with Crippen molar-refractivity contribution in [3.05, 3.63) is 50.9 Å². The number of carboxylic acid groups (broad SMARTS) is 1. The highest BCUT2D eigenvalue weighted by Crippen LogP contribution is 2.22. The normalized spacial score (nSPS) is 16.5. The second kappa shape index (κ2) is 6.72. The fourth-order valence-corrected chi connectivity index (χ4v) is 2.88. The lowest BCUT2D eigenvalue weighted by atomic mass is 10.1. The standard InChI is InChI=1S/C14H13ClFN3O3.ClH/c15-9-6-8(4-5-10(9)16)7-18-14(22)19-11(13(20)21)2-1-3-12(19)17-18;/h4-6,11H,1-3,7H2,(H,20,21);1H. The maximum Gasteiger partial charge on any atom is 0.347 e. The molecule has 1 N–H and O–H groups in total. The molecule has 23 heavy (non-hydrogen) atoms. The van der Waals surface area contributed by atoms with Crippen LogP contribution >= 0.6 is 24.0 Å². The Labute approximate surface area is 141 Å². The summed E-state index contributed by atoms with van der Waals surface area (Å²) in [6.07, 6.45) is 1.66. The molecule has 0 saturated carbocycles. The molecule has 0 saturated heterocycles. The SMILES string of the molecule is Cl.O=C(O)C1CCCc2nn(Cc3ccc(F)c(Cl)c3)c(=O)n21. The first kappa shape index (κ1) is 17.5. The number of benzene rings is 1. The molecule has 0 fully saturated rings. The molecule has 1 atom stereocenters. The summed E-state index contributed by atoms with van der Waals surface area (Å²) in [7, 11) is 0. The molecule has 0 bridgehead atoms. The molecule has 1 aliphatic rings. The number of nitrogens with zero attached hydrogens (tertiary/aromatic N) is 3. The van der Waals surface area contributed by atoms with Crippen molar-refractivity contribution in [2.24, 2.45) is 0 Å². The summed E-state index contributed by atoms with van der Waals surface area (Å²) in [4.78, 5) is 23.6. The predicted molar refractivity (Wildman–Crippen MR) is 83.9 cm³/mol. The van der Waals surface area contributed by atoms with E-state index in [0.29, 0.717) is 30.7 Å². The third-order valence-electron chi connectivity index (χ3n) is 3.73. The van der Waals surface area contributed by atoms with Crippen LogP contribution in [0.1, 0.15) is 30.3 Å². The lowest BCUT2D eigenvalue weighted by Crippen LogP contribution is -2.34. The van der Waals surface area contributed by atoms with Crippen LogP contribution in [0.3, 0.4) is 0 Å². The number of aliphatic carboxylic acids is 1. The van der Waals surface area contributed by atoms with E-state index in [1.165, 1.54) is 27.4 Å². The molecule has 0 spiro atoms. The Kier molecular flexibility index (Phi) is 5.11. The Hall–Kier alpha value is -1.86. The predicted octanol–water partition coefficient (Wildman–Crippen LogP) is 2.27. The van der Waals surface area contributed by atoms with E-state index < -0.39 is 23.5 Å². The van der Waals surface area contributed by atoms with Gasteiger partial charge in [-0.3, -0.25) is 4.57 Å². The summed E-state index contributed by atoms with van der Waals surface area (Å²) < 4.78 is 15.6. The van der Waals surface area contributed by atoms with E-state index >= 15 is 0 Å². The molecule has 1 unspecified atom stereocenters. The van der Waals surface area contributed by atoms with Gasteiger partial charge in [0.2, 0.25) is 0 Å². The third kappa shape index (κ3) is 3.25. The van der Waals surface area contributed by atoms with Crippen LogP contribution < -0.4 is 5.69 Å². The van der Waals surface area contributed by atoms with Gasteiger partial charge in [0, 0.05) is 6.42 Å². The first-order chi connectivity index (χ1) is 10.5. The summed E-state index contributed by atoms with van der Waals surface area (Å²) in [6, 6.07) is 3.29. The Morgan fingerprint density at radius 3 is 2.87 bits per heavy atom. The molecule has 9 heteroatoms. The molecule has 3 rings (SSSR count). The summed E-state index contributed by atoms with van der Waals surface area (Å²) in [5.74, 6) is -1.10. The van der Waals surface area contributed by atoms with E-state index in [0.717, 1.165) is 0 Å². The number of hydrogen-bond acceptors (Lipinski definition) is 3. The van der Waals surface area contributed by atoms with Crippen LogP contribution in [0.4, 0.5) is 4.39 Å². The van der Waals surface area contributed by atoms with Gasteiger partial charge >= 0.3 is 11.7 Å². The van der Waals surface area contributed by atoms with Crippen LogP contribution in [0.25, 0.3) is 0 Å². The van der Waals surface area contributed by atoms with Crippen molar-refractivity contribution < 1.29 is 14.3 Å². The monoisotopic (exact) mass is 361 g/mol. The first-order valence-electron chi connectivity index (χ1n) is 6.82. The van der Waals surface area contributed by atoms with Gasteiger partial charge in [0.05, 0.1) is 11.6 Å². The molecule has 6 nitrogen and oxygen atoms in total. The molecule has 0 aliphatic carbocycles. The van der Waals surface area contributed by atoms with Crippen LogP contribution in [-0.2, 0) is 17.8 Å². The van der Waals surface area contributed by atoms with Gasteiger partial charge in [-0.1, -0.05) is 17.7 Å². The minimum absolute atomic E-state index is 0. The lowest BCUT2D eigenvalue weighted by molar-refractivity contribution is -0.141. The van der Waals surface area contributed by atoms with E-state index in [1.54, 1.807) is 0 Å². The Morgan fingerprint density at radius 1 is 1.48 bits per heavy atom. The van der Waals surface area contributed by atoms with Gasteiger partial charge < -0.3 is 5.11 Å². The zero-order valence-electron chi connectivity index (χ0n) is 11.9. The van der Waals surface area contributed by atoms with Gasteiger partial charge in [0.1, 0.15) is 17.7 Å². The first-order valence-corrected chi connectivity index (χ1v) is 7.20. The zero-order valence-corrected chi connectivity index (χ0v) is 13.5. The van der Waals surface area contributed by atoms with Gasteiger partial charge in [-0.05, 0) is 30.5 Å². The number of rotatable bonds is 3. The average Bonchev–Trinajstić information content (AvgIpc) is 2.79. The number of fused-ring (bicyclic) bond motifs is 1. The van der Waals surface area contributed by atoms with Crippen molar-refractivity contribution in [3.8, 4) is 0 Å². The van der Waals surface area contributed by atoms with Gasteiger partial charge in [-0.25, -0.2) is 18.7 Å². The lowest BCUT2D eigenvalue weighted by Gasteiger charge is -2.19. The second-order valence-corrected chi connectivity index (χ2v) is 5.63. The molecule has 1 aromatic carbocycles. The quantitative estimate of drug-likeness (QED) is 0.909. The van der Waals surface area contributed by atoms with Crippen molar-refractivity contribution >= 4 is 30.0 Å². The van der Waals surface area contributed by atoms with Crippen molar-refractivity contribution in [1.29, 1.82) is 0 Å². The summed E-state index contributed by atoms with van der Waals surface area (Å²) in [5.41, 5.74) is 0.151. The topological polar surface area (TPSA) is 77.1 Å². The summed E-state index contributed by atoms with van der Waals surface area (Å²) in [5, 5.41) is 13.4. The Bertz CT molecular complexity index is 803. The van der Waals surface area contributed by atoms with Crippen LogP contribution in [0.15, 0.2) is 23.0 Å². The van der Waals surface area contributed by atoms with Crippen LogP contribution in [-0.4, -0.2) is 25.4 Å². The molecule has 124 valence electrons. The molecule has 0 amide bonds. The highest BCUT2D eigenvalue weighted by Gasteiger charge is 2.30. The minimum atomic E-state index is -1.03. The van der Waals surface area contributed by atoms with Crippen molar-refractivity contribution in [2.45, 2.75) is 31.8 Å². The smallest absolute Gasteiger partial charge is 0.347 e. The fourth-order valence-electron chi connectivity index (χ4n) is 2.68. The largest absolute Gasteiger partial charge is 0.480 e. The van der Waals surface area contributed by atoms with E-state index in [4.69, 9.17) is 11.6 Å². The zero-order chi connectivity index (χ0) is 15.9. The highest BCUT2D eigenvalue weighted by atomic mass is 35.5. The van der Waals surface area contributed by atoms with Crippen molar-refractivity contribution in [1.82, 2.24) is 14.3 Å². The molecule has 2 heterocycles. The van der Waals surface area contributed by atoms with E-state index in [2.05, 4.69) is 5.10 Å². The number of hydrogen-bond donors (Lipinski definition) is 1. The van der Waals surface area contributed by atoms with Crippen molar-refractivity contribution in [2.75, 3.05) is 0 Å². The number of aryl methyl sites for hydroxylation is 1. The third-order valence-corrected chi connectivity index (χ3v) is 4.02. The second-order valence-electron chi connectivity index (χ2n) is 5.22. The fraction of sp³-hybridized carbons (Fsp3) is 0.357. The molecule has 1 aliphatic heterocycles. The number of carboxylic acids is 1. The highest BCUT2D eigenvalue weighted by molar-refractivity contribution is 6.30. The Balaban J connectivity index is 0.00000192. The summed E-state index contributed by atoms with van der Waals surface area (Å²) >= 11 is 5.72. The molecule has 1 aromatic heterocycles. The Morgan fingerprint density at radius 2 is 2.22 bits per heavy atom. The van der Waals surface area contributed by atoms with E-state index in [1.807, 2.05) is 0 Å². The van der Waals surface area contributed by atoms with Gasteiger partial charge in [-0.2, -0.15) is 5.10 Å². The minimum Gasteiger partial charge on any atom is -0.480 e. The van der Waals surface area contributed by atoms with Crippen LogP contribution in [0.2, 0.25) is 5.02 Å². The van der Waals surface area contributed by atoms with Crippen LogP contribution in [0.5, 0.6) is 0 Å². The van der Waals surface area contributed by atoms with E-state index in [9.17, 15) is 19.1 Å².